The SMILES string of the molecule is CC[C@@H]1C[C@@H](C)CCC=C[C@@H]2C[C@@]2(C(=O)NS(=O)(=O)C2(C)CC2)NC(=O)[C@@H]2C[C@@H](Oc3nccc4c5c(ccc34)OCCO5)CN2C(=O)[C@H]1N(C(=O)O)C(C)(C)C(F)F. The lowest BCUT2D eigenvalue weighted by Gasteiger charge is -2.45. The highest BCUT2D eigenvalue weighted by Gasteiger charge is 2.63. The summed E-state index contributed by atoms with van der Waals surface area (Å²) < 4.78 is 75.3. The molecule has 59 heavy (non-hydrogen) atoms. The van der Waals surface area contributed by atoms with Gasteiger partial charge in [0.05, 0.1) is 11.3 Å². The van der Waals surface area contributed by atoms with Crippen molar-refractivity contribution in [1.82, 2.24) is 24.8 Å². The monoisotopic (exact) mass is 845 g/mol. The van der Waals surface area contributed by atoms with Crippen LogP contribution in [0.15, 0.2) is 36.5 Å². The van der Waals surface area contributed by atoms with Gasteiger partial charge in [-0.25, -0.2) is 27.0 Å². The number of ether oxygens (including phenoxy) is 3. The largest absolute Gasteiger partial charge is 0.486 e. The van der Waals surface area contributed by atoms with E-state index in [-0.39, 0.29) is 37.6 Å². The molecule has 1 aromatic heterocycles. The number of sulfonamides is 1. The molecule has 3 aliphatic heterocycles. The topological polar surface area (TPSA) is 194 Å². The molecule has 0 bridgehead atoms. The smallest absolute Gasteiger partial charge is 0.408 e. The summed E-state index contributed by atoms with van der Waals surface area (Å²) in [6.07, 6.45) is 1.74. The second kappa shape index (κ2) is 15.7. The van der Waals surface area contributed by atoms with Crippen LogP contribution in [0, 0.1) is 17.8 Å². The fourth-order valence-electron chi connectivity index (χ4n) is 8.75. The minimum absolute atomic E-state index is 0.0882. The Hall–Kier alpha value is -4.74. The summed E-state index contributed by atoms with van der Waals surface area (Å²) in [6.45, 7) is 7.84. The molecule has 0 radical (unpaired) electrons. The van der Waals surface area contributed by atoms with Crippen molar-refractivity contribution in [3.8, 4) is 17.4 Å². The van der Waals surface area contributed by atoms with Crippen LogP contribution in [0.5, 0.6) is 17.4 Å². The summed E-state index contributed by atoms with van der Waals surface area (Å²) in [4.78, 5) is 63.1. The van der Waals surface area contributed by atoms with E-state index in [1.165, 1.54) is 11.1 Å². The molecule has 5 aliphatic rings. The fraction of sp³-hybridized carbons (Fsp3) is 0.634. The van der Waals surface area contributed by atoms with Crippen molar-refractivity contribution in [1.29, 1.82) is 0 Å². The van der Waals surface area contributed by atoms with Crippen LogP contribution in [-0.2, 0) is 24.4 Å². The van der Waals surface area contributed by atoms with Crippen LogP contribution in [0.25, 0.3) is 10.8 Å². The maximum absolute atomic E-state index is 15.2. The maximum atomic E-state index is 15.2. The average molecular weight is 846 g/mol. The first kappa shape index (κ1) is 42.4. The van der Waals surface area contributed by atoms with E-state index in [1.54, 1.807) is 38.1 Å². The first-order valence-corrected chi connectivity index (χ1v) is 21.8. The number of hydrogen-bond donors (Lipinski definition) is 3. The molecule has 7 atom stereocenters. The zero-order valence-electron chi connectivity index (χ0n) is 33.9. The number of amides is 4. The third kappa shape index (κ3) is 7.88. The summed E-state index contributed by atoms with van der Waals surface area (Å²) in [5.74, 6) is -2.74. The van der Waals surface area contributed by atoms with Crippen molar-refractivity contribution in [3.63, 3.8) is 0 Å². The molecule has 2 saturated carbocycles. The summed E-state index contributed by atoms with van der Waals surface area (Å²) in [5.41, 5.74) is -3.98. The minimum atomic E-state index is -4.09. The van der Waals surface area contributed by atoms with E-state index < -0.39 is 86.1 Å². The third-order valence-corrected chi connectivity index (χ3v) is 15.1. The third-order valence-electron chi connectivity index (χ3n) is 12.9. The van der Waals surface area contributed by atoms with Crippen molar-refractivity contribution in [2.24, 2.45) is 17.8 Å². The molecule has 1 aromatic carbocycles. The molecule has 2 aliphatic carbocycles. The molecule has 4 amide bonds. The fourth-order valence-corrected chi connectivity index (χ4v) is 10.1. The van der Waals surface area contributed by atoms with Gasteiger partial charge in [-0.15, -0.1) is 0 Å². The van der Waals surface area contributed by atoms with E-state index >= 15 is 4.79 Å². The second-order valence-corrected chi connectivity index (χ2v) is 19.7. The van der Waals surface area contributed by atoms with Crippen LogP contribution in [0.2, 0.25) is 0 Å². The average Bonchev–Trinajstić information content (AvgIpc) is 4.07. The van der Waals surface area contributed by atoms with Gasteiger partial charge in [0, 0.05) is 29.3 Å². The van der Waals surface area contributed by atoms with Crippen molar-refractivity contribution in [2.45, 2.75) is 126 Å². The van der Waals surface area contributed by atoms with Crippen molar-refractivity contribution in [2.75, 3.05) is 19.8 Å². The standard InChI is InChI=1S/C41H53F2N5O10S/c1-6-24-19-23(2)9-7-8-10-25-21-41(25,37(51)46-59(54,55)40(5)14-15-40)45-33(49)29-20-26(22-47(29)35(50)31(24)48(38(52)53)39(3,4)36(42)43)58-34-28-11-12-30-32(57-18-17-56-30)27(28)13-16-44-34/h8,10-13,16,23-26,29,31,36H,6-7,9,14-15,17-22H2,1-5H3,(H,45,49)(H,46,51)(H,52,53)/t23-,24+,25+,26+,29-,31-,41+/m0/s1. The molecule has 7 rings (SSSR count). The molecule has 4 heterocycles. The van der Waals surface area contributed by atoms with Crippen LogP contribution >= 0.6 is 0 Å². The summed E-state index contributed by atoms with van der Waals surface area (Å²) in [5, 5.41) is 14.6. The number of carboxylic acid groups (broad SMARTS) is 1. The Morgan fingerprint density at radius 3 is 2.56 bits per heavy atom. The van der Waals surface area contributed by atoms with E-state index in [2.05, 4.69) is 15.0 Å². The van der Waals surface area contributed by atoms with Gasteiger partial charge in [0.2, 0.25) is 27.7 Å². The number of carbonyl (C=O) groups is 4. The van der Waals surface area contributed by atoms with E-state index in [0.717, 1.165) is 13.8 Å². The predicted octanol–water partition coefficient (Wildman–Crippen LogP) is 5.02. The van der Waals surface area contributed by atoms with Crippen molar-refractivity contribution >= 4 is 44.6 Å². The number of halogens is 2. The summed E-state index contributed by atoms with van der Waals surface area (Å²) in [6, 6.07) is 2.19. The van der Waals surface area contributed by atoms with Gasteiger partial charge >= 0.3 is 6.09 Å². The number of alkyl halides is 2. The zero-order chi connectivity index (χ0) is 42.7. The highest BCUT2D eigenvalue weighted by molar-refractivity contribution is 7.91. The lowest BCUT2D eigenvalue weighted by Crippen LogP contribution is -2.65. The van der Waals surface area contributed by atoms with Gasteiger partial charge in [0.25, 0.3) is 12.3 Å². The number of allylic oxidation sites excluding steroid dienone is 1. The number of fused-ring (bicyclic) bond motifs is 5. The summed E-state index contributed by atoms with van der Waals surface area (Å²) in [7, 11) is -4.09. The van der Waals surface area contributed by atoms with Gasteiger partial charge in [-0.2, -0.15) is 0 Å². The number of rotatable bonds is 9. The van der Waals surface area contributed by atoms with Crippen LogP contribution in [0.4, 0.5) is 13.6 Å². The van der Waals surface area contributed by atoms with E-state index in [1.807, 2.05) is 13.0 Å². The van der Waals surface area contributed by atoms with Crippen molar-refractivity contribution < 1.29 is 55.7 Å². The van der Waals surface area contributed by atoms with E-state index in [4.69, 9.17) is 14.2 Å². The van der Waals surface area contributed by atoms with Gasteiger partial charge < -0.3 is 29.5 Å². The minimum Gasteiger partial charge on any atom is -0.486 e. The Morgan fingerprint density at radius 1 is 1.15 bits per heavy atom. The molecule has 322 valence electrons. The van der Waals surface area contributed by atoms with Gasteiger partial charge in [-0.3, -0.25) is 24.0 Å². The number of nitrogens with zero attached hydrogens (tertiary/aromatic N) is 3. The molecular weight excluding hydrogens is 793 g/mol. The molecule has 1 saturated heterocycles. The number of nitrogens with one attached hydrogen (secondary N) is 2. The first-order valence-electron chi connectivity index (χ1n) is 20.3. The van der Waals surface area contributed by atoms with E-state index in [9.17, 15) is 36.7 Å². The molecule has 3 fully saturated rings. The Kier molecular flexibility index (Phi) is 11.3. The summed E-state index contributed by atoms with van der Waals surface area (Å²) >= 11 is 0. The van der Waals surface area contributed by atoms with Crippen molar-refractivity contribution in [3.05, 3.63) is 36.5 Å². The normalized spacial score (nSPS) is 29.4. The van der Waals surface area contributed by atoms with Gasteiger partial charge in [-0.05, 0) is 89.3 Å². The Balaban J connectivity index is 1.29. The highest BCUT2D eigenvalue weighted by Crippen LogP contribution is 2.48. The number of benzene rings is 1. The molecule has 3 N–H and O–H groups in total. The number of pyridine rings is 1. The number of carbonyl (C=O) groups excluding carboxylic acids is 3. The second-order valence-electron chi connectivity index (χ2n) is 17.5. The number of hydrogen-bond acceptors (Lipinski definition) is 10. The van der Waals surface area contributed by atoms with Crippen LogP contribution < -0.4 is 24.2 Å². The Labute approximate surface area is 342 Å². The van der Waals surface area contributed by atoms with Gasteiger partial charge in [0.1, 0.15) is 42.5 Å². The van der Waals surface area contributed by atoms with Gasteiger partial charge in [-0.1, -0.05) is 32.4 Å². The molecule has 0 spiro atoms. The molecule has 2 aromatic rings. The number of aromatic nitrogens is 1. The molecule has 18 heteroatoms. The van der Waals surface area contributed by atoms with E-state index in [0.29, 0.717) is 72.5 Å². The maximum Gasteiger partial charge on any atom is 0.408 e. The molecular formula is C41H53F2N5O10S. The first-order chi connectivity index (χ1) is 27.8. The van der Waals surface area contributed by atoms with Gasteiger partial charge in [0.15, 0.2) is 11.5 Å². The predicted molar refractivity (Wildman–Crippen MR) is 211 cm³/mol. The Morgan fingerprint density at radius 2 is 1.88 bits per heavy atom. The Bertz CT molecular complexity index is 2150. The lowest BCUT2D eigenvalue weighted by molar-refractivity contribution is -0.149. The zero-order valence-corrected chi connectivity index (χ0v) is 34.7. The quantitative estimate of drug-likeness (QED) is 0.287. The lowest BCUT2D eigenvalue weighted by atomic mass is 9.82. The van der Waals surface area contributed by atoms with Crippen LogP contribution in [0.3, 0.4) is 0 Å². The van der Waals surface area contributed by atoms with Crippen LogP contribution in [-0.4, -0.2) is 112 Å². The molecule has 15 nitrogen and oxygen atoms in total. The van der Waals surface area contributed by atoms with Crippen LogP contribution in [0.1, 0.15) is 86.0 Å². The highest BCUT2D eigenvalue weighted by atomic mass is 32.2. The molecule has 0 unspecified atom stereocenters.